The van der Waals surface area contributed by atoms with Crippen LogP contribution in [0.2, 0.25) is 0 Å². The second-order valence-electron chi connectivity index (χ2n) is 8.16. The number of nitrogens with zero attached hydrogens (tertiary/aromatic N) is 2. The molecule has 3 rings (SSSR count). The van der Waals surface area contributed by atoms with Crippen LogP contribution in [-0.2, 0) is 26.0 Å². The minimum absolute atomic E-state index is 0.0131. The fourth-order valence-electron chi connectivity index (χ4n) is 3.77. The zero-order chi connectivity index (χ0) is 27.7. The lowest BCUT2D eigenvalue weighted by Crippen LogP contribution is -2.46. The molecule has 1 unspecified atom stereocenters. The van der Waals surface area contributed by atoms with Crippen molar-refractivity contribution in [1.82, 2.24) is 4.72 Å². The van der Waals surface area contributed by atoms with E-state index < -0.39 is 32.7 Å². The van der Waals surface area contributed by atoms with Gasteiger partial charge in [-0.05, 0) is 48.7 Å². The lowest BCUT2D eigenvalue weighted by Gasteiger charge is -2.26. The third-order valence-corrected chi connectivity index (χ3v) is 6.61. The maximum Gasteiger partial charge on any atom is 0.311 e. The van der Waals surface area contributed by atoms with Gasteiger partial charge in [0, 0.05) is 18.3 Å². The summed E-state index contributed by atoms with van der Waals surface area (Å²) in [4.78, 5) is 39.1. The number of benzene rings is 3. The zero-order valence-electron chi connectivity index (χ0n) is 20.8. The van der Waals surface area contributed by atoms with Gasteiger partial charge in [0.1, 0.15) is 5.92 Å². The Bertz CT molecular complexity index is 1430. The number of hydrogen-bond acceptors (Lipinski definition) is 7. The van der Waals surface area contributed by atoms with Crippen LogP contribution in [0.5, 0.6) is 5.75 Å². The summed E-state index contributed by atoms with van der Waals surface area (Å²) in [7, 11) is -2.97. The number of para-hydroxylation sites is 1. The number of nitro groups is 1. The van der Waals surface area contributed by atoms with E-state index in [0.717, 1.165) is 5.41 Å². The third-order valence-electron chi connectivity index (χ3n) is 5.63. The Morgan fingerprint density at radius 1 is 1.05 bits per heavy atom. The van der Waals surface area contributed by atoms with E-state index in [-0.39, 0.29) is 30.0 Å². The Morgan fingerprint density at radius 2 is 1.68 bits per heavy atom. The molecule has 0 saturated carbocycles. The lowest BCUT2D eigenvalue weighted by molar-refractivity contribution is -0.385. The number of amides is 2. The van der Waals surface area contributed by atoms with Crippen LogP contribution in [0.1, 0.15) is 18.1 Å². The Labute approximate surface area is 220 Å². The number of methoxy groups -OCH3 is 1. The van der Waals surface area contributed by atoms with Crippen molar-refractivity contribution >= 4 is 39.3 Å². The predicted molar refractivity (Wildman–Crippen MR) is 144 cm³/mol. The maximum atomic E-state index is 13.6. The number of hydrogen-bond donors (Lipinski definition) is 1. The van der Waals surface area contributed by atoms with E-state index in [1.165, 1.54) is 36.3 Å². The first-order chi connectivity index (χ1) is 18.1. The third kappa shape index (κ3) is 7.26. The second kappa shape index (κ2) is 12.6. The van der Waals surface area contributed by atoms with E-state index in [1.807, 2.05) is 4.72 Å². The van der Waals surface area contributed by atoms with Crippen LogP contribution in [0.4, 0.5) is 11.4 Å². The highest BCUT2D eigenvalue weighted by atomic mass is 32.2. The van der Waals surface area contributed by atoms with Gasteiger partial charge in [-0.15, -0.1) is 0 Å². The van der Waals surface area contributed by atoms with Crippen molar-refractivity contribution in [3.8, 4) is 5.75 Å². The highest BCUT2D eigenvalue weighted by Gasteiger charge is 2.33. The number of carbonyl (C=O) groups is 2. The van der Waals surface area contributed by atoms with Crippen LogP contribution in [0.3, 0.4) is 0 Å². The monoisotopic (exact) mass is 537 g/mol. The van der Waals surface area contributed by atoms with E-state index >= 15 is 0 Å². The molecular weight excluding hydrogens is 510 g/mol. The first kappa shape index (κ1) is 28.1. The van der Waals surface area contributed by atoms with Gasteiger partial charge >= 0.3 is 5.69 Å². The van der Waals surface area contributed by atoms with Gasteiger partial charge in [-0.25, -0.2) is 13.1 Å². The molecule has 38 heavy (non-hydrogen) atoms. The summed E-state index contributed by atoms with van der Waals surface area (Å²) in [6.45, 7) is 1.92. The van der Waals surface area contributed by atoms with E-state index in [0.29, 0.717) is 11.3 Å². The molecular formula is C27H27N3O7S. The summed E-state index contributed by atoms with van der Waals surface area (Å²) in [5.41, 5.74) is 1.06. The molecule has 0 bridgehead atoms. The first-order valence-electron chi connectivity index (χ1n) is 11.6. The van der Waals surface area contributed by atoms with Gasteiger partial charge in [0.05, 0.1) is 17.4 Å². The molecule has 0 aliphatic rings. The molecule has 11 heteroatoms. The number of ether oxygens (including phenoxy) is 1. The molecule has 0 aliphatic heterocycles. The van der Waals surface area contributed by atoms with E-state index in [9.17, 15) is 28.1 Å². The van der Waals surface area contributed by atoms with Gasteiger partial charge in [-0.2, -0.15) is 0 Å². The molecule has 2 amide bonds. The van der Waals surface area contributed by atoms with E-state index in [4.69, 9.17) is 4.74 Å². The van der Waals surface area contributed by atoms with Gasteiger partial charge < -0.3 is 9.64 Å². The van der Waals surface area contributed by atoms with Crippen LogP contribution in [0.15, 0.2) is 84.3 Å². The molecule has 1 atom stereocenters. The number of rotatable bonds is 11. The largest absolute Gasteiger partial charge is 0.490 e. The number of carbonyl (C=O) groups excluding carboxylic acids is 2. The molecule has 0 fully saturated rings. The molecule has 0 aromatic heterocycles. The van der Waals surface area contributed by atoms with Gasteiger partial charge in [-0.3, -0.25) is 19.7 Å². The van der Waals surface area contributed by atoms with E-state index in [2.05, 4.69) is 0 Å². The van der Waals surface area contributed by atoms with Crippen molar-refractivity contribution in [2.75, 3.05) is 18.6 Å². The summed E-state index contributed by atoms with van der Waals surface area (Å²) in [6.07, 6.45) is 1.04. The smallest absolute Gasteiger partial charge is 0.311 e. The topological polar surface area (TPSA) is 136 Å². The van der Waals surface area contributed by atoms with Crippen LogP contribution < -0.4 is 14.4 Å². The first-order valence-corrected chi connectivity index (χ1v) is 13.2. The van der Waals surface area contributed by atoms with Crippen LogP contribution in [0, 0.1) is 16.0 Å². The highest BCUT2D eigenvalue weighted by molar-refractivity contribution is 7.93. The highest BCUT2D eigenvalue weighted by Crippen LogP contribution is 2.29. The van der Waals surface area contributed by atoms with Crippen molar-refractivity contribution < 1.29 is 27.7 Å². The van der Waals surface area contributed by atoms with Gasteiger partial charge in [-0.1, -0.05) is 54.6 Å². The minimum atomic E-state index is -4.26. The fourth-order valence-corrected chi connectivity index (χ4v) is 4.60. The van der Waals surface area contributed by atoms with Gasteiger partial charge in [0.15, 0.2) is 5.75 Å². The van der Waals surface area contributed by atoms with Crippen molar-refractivity contribution in [3.05, 3.63) is 106 Å². The number of nitro benzene ring substituents is 1. The van der Waals surface area contributed by atoms with Crippen molar-refractivity contribution in [3.63, 3.8) is 0 Å². The average molecular weight is 538 g/mol. The lowest BCUT2D eigenvalue weighted by atomic mass is 9.96. The summed E-state index contributed by atoms with van der Waals surface area (Å²) in [6, 6.07) is 21.3. The van der Waals surface area contributed by atoms with E-state index in [1.54, 1.807) is 67.6 Å². The Hall–Kier alpha value is -4.51. The molecule has 0 spiro atoms. The van der Waals surface area contributed by atoms with Gasteiger partial charge in [0.25, 0.3) is 10.0 Å². The molecule has 1 N–H and O–H groups in total. The quantitative estimate of drug-likeness (QED) is 0.222. The predicted octanol–water partition coefficient (Wildman–Crippen LogP) is 3.93. The molecule has 0 heterocycles. The molecule has 0 aliphatic carbocycles. The van der Waals surface area contributed by atoms with Crippen molar-refractivity contribution in [2.45, 2.75) is 13.3 Å². The Kier molecular flexibility index (Phi) is 9.33. The Balaban J connectivity index is 1.95. The van der Waals surface area contributed by atoms with Crippen molar-refractivity contribution in [1.29, 1.82) is 0 Å². The second-order valence-corrected chi connectivity index (χ2v) is 9.73. The molecule has 0 radical (unpaired) electrons. The maximum absolute atomic E-state index is 13.6. The molecule has 0 saturated heterocycles. The number of nitrogens with one attached hydrogen (secondary N) is 1. The Morgan fingerprint density at radius 3 is 2.26 bits per heavy atom. The van der Waals surface area contributed by atoms with Gasteiger partial charge in [0.2, 0.25) is 11.8 Å². The summed E-state index contributed by atoms with van der Waals surface area (Å²) >= 11 is 0. The summed E-state index contributed by atoms with van der Waals surface area (Å²) in [5, 5.41) is 12.3. The number of anilines is 1. The normalized spacial score (nSPS) is 12.1. The van der Waals surface area contributed by atoms with Crippen LogP contribution in [-0.4, -0.2) is 38.8 Å². The molecule has 198 valence electrons. The SMILES string of the molecule is CCN(C(=O)C(Cc1ccc(OC)c([N+](=O)[O-])c1)C(=O)NS(=O)(=O)C=Cc1ccccc1)c1ccccc1. The van der Waals surface area contributed by atoms with Crippen LogP contribution >= 0.6 is 0 Å². The van der Waals surface area contributed by atoms with Crippen molar-refractivity contribution in [2.24, 2.45) is 5.92 Å². The van der Waals surface area contributed by atoms with Crippen LogP contribution in [0.25, 0.3) is 6.08 Å². The summed E-state index contributed by atoms with van der Waals surface area (Å²) < 4.78 is 32.3. The fraction of sp³-hybridized carbons (Fsp3) is 0.185. The standard InChI is InChI=1S/C27H27N3O7S/c1-3-29(22-12-8-5-9-13-22)27(32)23(18-21-14-15-25(37-2)24(19-21)30(33)34)26(31)28-38(35,36)17-16-20-10-6-4-7-11-20/h4-17,19,23H,3,18H2,1-2H3,(H,28,31). The zero-order valence-corrected chi connectivity index (χ0v) is 21.6. The summed E-state index contributed by atoms with van der Waals surface area (Å²) in [5.74, 6) is -3.19. The molecule has 3 aromatic carbocycles. The molecule has 10 nitrogen and oxygen atoms in total. The molecule has 3 aromatic rings. The minimum Gasteiger partial charge on any atom is -0.490 e. The number of sulfonamides is 1. The average Bonchev–Trinajstić information content (AvgIpc) is 2.91.